The molecule has 0 aliphatic heterocycles. The lowest BCUT2D eigenvalue weighted by atomic mass is 9.75. The Morgan fingerprint density at radius 3 is 2.50 bits per heavy atom. The van der Waals surface area contributed by atoms with Gasteiger partial charge < -0.3 is 4.74 Å². The van der Waals surface area contributed by atoms with Gasteiger partial charge >= 0.3 is 0 Å². The molecule has 1 fully saturated rings. The largest absolute Gasteiger partial charge is 0.378 e. The first-order valence-corrected chi connectivity index (χ1v) is 9.63. The summed E-state index contributed by atoms with van der Waals surface area (Å²) < 4.78 is 27.7. The van der Waals surface area contributed by atoms with Crippen molar-refractivity contribution in [1.29, 1.82) is 0 Å². The van der Waals surface area contributed by atoms with E-state index in [9.17, 15) is 8.42 Å². The number of nitrogens with two attached hydrogens (primary N) is 1. The molecule has 3 unspecified atom stereocenters. The van der Waals surface area contributed by atoms with E-state index in [2.05, 4.69) is 20.8 Å². The smallest absolute Gasteiger partial charge is 0.209 e. The monoisotopic (exact) mass is 305 g/mol. The summed E-state index contributed by atoms with van der Waals surface area (Å²) in [4.78, 5) is 0. The molecule has 1 aliphatic rings. The highest BCUT2D eigenvalue weighted by atomic mass is 32.2. The Kier molecular flexibility index (Phi) is 7.48. The first kappa shape index (κ1) is 17.9. The van der Waals surface area contributed by atoms with Crippen molar-refractivity contribution in [2.24, 2.45) is 22.9 Å². The molecule has 5 heteroatoms. The normalized spacial score (nSPS) is 27.9. The van der Waals surface area contributed by atoms with Crippen LogP contribution in [-0.4, -0.2) is 26.9 Å². The number of ether oxygens (including phenoxy) is 1. The van der Waals surface area contributed by atoms with Crippen LogP contribution in [0.1, 0.15) is 59.3 Å². The first-order chi connectivity index (χ1) is 9.29. The summed E-state index contributed by atoms with van der Waals surface area (Å²) in [6.45, 7) is 7.61. The van der Waals surface area contributed by atoms with Gasteiger partial charge in [-0.3, -0.25) is 0 Å². The van der Waals surface area contributed by atoms with Crippen LogP contribution in [0.3, 0.4) is 0 Å². The van der Waals surface area contributed by atoms with Gasteiger partial charge in [0.15, 0.2) is 0 Å². The maximum absolute atomic E-state index is 10.8. The van der Waals surface area contributed by atoms with Crippen molar-refractivity contribution >= 4 is 10.0 Å². The van der Waals surface area contributed by atoms with Crippen molar-refractivity contribution in [2.45, 2.75) is 65.4 Å². The van der Waals surface area contributed by atoms with Crippen LogP contribution in [0.25, 0.3) is 0 Å². The average molecular weight is 305 g/mol. The van der Waals surface area contributed by atoms with Crippen LogP contribution in [0.15, 0.2) is 0 Å². The quantitative estimate of drug-likeness (QED) is 0.701. The molecule has 0 spiro atoms. The van der Waals surface area contributed by atoms with Gasteiger partial charge in [0.05, 0.1) is 11.9 Å². The molecule has 1 rings (SSSR count). The fraction of sp³-hybridized carbons (Fsp3) is 1.00. The summed E-state index contributed by atoms with van der Waals surface area (Å²) in [6, 6.07) is 0. The number of hydrogen-bond donors (Lipinski definition) is 1. The molecular weight excluding hydrogens is 274 g/mol. The molecule has 20 heavy (non-hydrogen) atoms. The molecule has 0 aromatic carbocycles. The molecule has 1 aliphatic carbocycles. The van der Waals surface area contributed by atoms with Gasteiger partial charge in [-0.1, -0.05) is 33.6 Å². The Labute approximate surface area is 124 Å². The van der Waals surface area contributed by atoms with E-state index in [1.165, 1.54) is 19.3 Å². The number of unbranched alkanes of at least 4 members (excludes halogenated alkanes) is 2. The molecule has 2 N–H and O–H groups in total. The lowest BCUT2D eigenvalue weighted by Crippen LogP contribution is -2.34. The topological polar surface area (TPSA) is 69.4 Å². The van der Waals surface area contributed by atoms with Crippen molar-refractivity contribution in [1.82, 2.24) is 0 Å². The predicted octanol–water partition coefficient (Wildman–Crippen LogP) is 2.92. The standard InChI is InChI=1S/C15H31NO3S/c1-12(2)14-8-7-13(3)11-15(14)19-9-5-4-6-10-20(16,17)18/h12-15H,4-11H2,1-3H3,(H2,16,17,18). The summed E-state index contributed by atoms with van der Waals surface area (Å²) in [7, 11) is -3.30. The maximum atomic E-state index is 10.8. The zero-order chi connectivity index (χ0) is 15.2. The van der Waals surface area contributed by atoms with Crippen molar-refractivity contribution < 1.29 is 13.2 Å². The van der Waals surface area contributed by atoms with E-state index in [1.807, 2.05) is 0 Å². The molecule has 4 nitrogen and oxygen atoms in total. The van der Waals surface area contributed by atoms with E-state index in [0.717, 1.165) is 25.4 Å². The number of primary sulfonamides is 1. The van der Waals surface area contributed by atoms with Crippen molar-refractivity contribution in [2.75, 3.05) is 12.4 Å². The lowest BCUT2D eigenvalue weighted by Gasteiger charge is -2.37. The van der Waals surface area contributed by atoms with Gasteiger partial charge in [0, 0.05) is 6.61 Å². The zero-order valence-corrected chi connectivity index (χ0v) is 14.0. The number of sulfonamides is 1. The van der Waals surface area contributed by atoms with Crippen molar-refractivity contribution in [3.8, 4) is 0 Å². The molecule has 0 aromatic rings. The molecule has 0 aromatic heterocycles. The van der Waals surface area contributed by atoms with Crippen LogP contribution in [0, 0.1) is 17.8 Å². The minimum Gasteiger partial charge on any atom is -0.378 e. The van der Waals surface area contributed by atoms with Crippen molar-refractivity contribution in [3.05, 3.63) is 0 Å². The molecule has 120 valence electrons. The first-order valence-electron chi connectivity index (χ1n) is 7.91. The second-order valence-electron chi connectivity index (χ2n) is 6.66. The van der Waals surface area contributed by atoms with E-state index in [1.54, 1.807) is 0 Å². The van der Waals surface area contributed by atoms with Gasteiger partial charge in [-0.15, -0.1) is 0 Å². The van der Waals surface area contributed by atoms with Gasteiger partial charge in [0.1, 0.15) is 0 Å². The summed E-state index contributed by atoms with van der Waals surface area (Å²) >= 11 is 0. The van der Waals surface area contributed by atoms with E-state index in [-0.39, 0.29) is 5.75 Å². The average Bonchev–Trinajstić information content (AvgIpc) is 2.32. The van der Waals surface area contributed by atoms with Crippen LogP contribution in [0.2, 0.25) is 0 Å². The molecule has 3 atom stereocenters. The van der Waals surface area contributed by atoms with Crippen molar-refractivity contribution in [3.63, 3.8) is 0 Å². The van der Waals surface area contributed by atoms with Gasteiger partial charge in [0.2, 0.25) is 10.0 Å². The van der Waals surface area contributed by atoms with Gasteiger partial charge in [-0.05, 0) is 43.4 Å². The van der Waals surface area contributed by atoms with Gasteiger partial charge in [-0.25, -0.2) is 13.6 Å². The third kappa shape index (κ3) is 7.04. The van der Waals surface area contributed by atoms with E-state index < -0.39 is 10.0 Å². The fourth-order valence-electron chi connectivity index (χ4n) is 3.12. The molecule has 0 heterocycles. The van der Waals surface area contributed by atoms with Gasteiger partial charge in [-0.2, -0.15) is 0 Å². The van der Waals surface area contributed by atoms with Crippen LogP contribution < -0.4 is 5.14 Å². The van der Waals surface area contributed by atoms with E-state index in [4.69, 9.17) is 9.88 Å². The highest BCUT2D eigenvalue weighted by molar-refractivity contribution is 7.89. The minimum absolute atomic E-state index is 0.0854. The van der Waals surface area contributed by atoms with Crippen LogP contribution >= 0.6 is 0 Å². The summed E-state index contributed by atoms with van der Waals surface area (Å²) in [5.74, 6) is 2.20. The van der Waals surface area contributed by atoms with Gasteiger partial charge in [0.25, 0.3) is 0 Å². The lowest BCUT2D eigenvalue weighted by molar-refractivity contribution is -0.0393. The fourth-order valence-corrected chi connectivity index (χ4v) is 3.73. The third-order valence-electron chi connectivity index (χ3n) is 4.37. The number of hydrogen-bond acceptors (Lipinski definition) is 3. The molecule has 0 radical (unpaired) electrons. The molecular formula is C15H31NO3S. The highest BCUT2D eigenvalue weighted by Crippen LogP contribution is 2.35. The molecule has 0 bridgehead atoms. The SMILES string of the molecule is CC1CCC(C(C)C)C(OCCCCCS(N)(=O)=O)C1. The Hall–Kier alpha value is -0.130. The van der Waals surface area contributed by atoms with Crippen LogP contribution in [0.5, 0.6) is 0 Å². The Morgan fingerprint density at radius 1 is 1.20 bits per heavy atom. The Bertz CT molecular complexity index is 367. The second kappa shape index (κ2) is 8.35. The molecule has 0 saturated heterocycles. The Balaban J connectivity index is 2.21. The van der Waals surface area contributed by atoms with Crippen LogP contribution in [0.4, 0.5) is 0 Å². The zero-order valence-electron chi connectivity index (χ0n) is 13.2. The summed E-state index contributed by atoms with van der Waals surface area (Å²) in [5, 5.41) is 4.97. The number of rotatable bonds is 8. The Morgan fingerprint density at radius 2 is 1.90 bits per heavy atom. The van der Waals surface area contributed by atoms with Crippen LogP contribution in [-0.2, 0) is 14.8 Å². The van der Waals surface area contributed by atoms with E-state index >= 15 is 0 Å². The summed E-state index contributed by atoms with van der Waals surface area (Å²) in [5.41, 5.74) is 0. The molecule has 0 amide bonds. The minimum atomic E-state index is -3.30. The third-order valence-corrected chi connectivity index (χ3v) is 5.22. The molecule has 1 saturated carbocycles. The predicted molar refractivity (Wildman–Crippen MR) is 82.9 cm³/mol. The summed E-state index contributed by atoms with van der Waals surface area (Å²) in [6.07, 6.45) is 6.57. The second-order valence-corrected chi connectivity index (χ2v) is 8.40. The highest BCUT2D eigenvalue weighted by Gasteiger charge is 2.31. The van der Waals surface area contributed by atoms with E-state index in [0.29, 0.717) is 24.4 Å². The maximum Gasteiger partial charge on any atom is 0.209 e.